The van der Waals surface area contributed by atoms with Crippen molar-refractivity contribution in [3.05, 3.63) is 0 Å². The Morgan fingerprint density at radius 3 is 2.44 bits per heavy atom. The van der Waals surface area contributed by atoms with Crippen molar-refractivity contribution in [2.75, 3.05) is 13.1 Å². The molecule has 4 heteroatoms. The fraction of sp³-hybridized carbons (Fsp3) is 0.929. The van der Waals surface area contributed by atoms with Crippen molar-refractivity contribution in [3.63, 3.8) is 0 Å². The van der Waals surface area contributed by atoms with Gasteiger partial charge in [0.15, 0.2) is 5.96 Å². The van der Waals surface area contributed by atoms with E-state index in [0.29, 0.717) is 11.4 Å². The zero-order chi connectivity index (χ0) is 12.7. The number of hydrogen-bond acceptors (Lipinski definition) is 1. The quantitative estimate of drug-likeness (QED) is 0.444. The third-order valence-corrected chi connectivity index (χ3v) is 3.92. The van der Waals surface area contributed by atoms with Gasteiger partial charge in [0.2, 0.25) is 0 Å². The van der Waals surface area contributed by atoms with Gasteiger partial charge >= 0.3 is 0 Å². The summed E-state index contributed by atoms with van der Waals surface area (Å²) in [6.45, 7) is 8.56. The fourth-order valence-corrected chi connectivity index (χ4v) is 2.61. The predicted octanol–water partition coefficient (Wildman–Crippen LogP) is 3.53. The Morgan fingerprint density at radius 2 is 1.89 bits per heavy atom. The molecule has 1 aliphatic carbocycles. The topological polar surface area (TPSA) is 50.4 Å². The van der Waals surface area contributed by atoms with E-state index in [-0.39, 0.29) is 24.0 Å². The minimum Gasteiger partial charge on any atom is -0.370 e. The molecule has 1 rings (SSSR count). The second kappa shape index (κ2) is 8.99. The van der Waals surface area contributed by atoms with Gasteiger partial charge in [0.25, 0.3) is 0 Å². The van der Waals surface area contributed by atoms with Gasteiger partial charge in [-0.2, -0.15) is 0 Å². The molecule has 0 spiro atoms. The smallest absolute Gasteiger partial charge is 0.188 e. The Bertz CT molecular complexity index is 245. The highest BCUT2D eigenvalue weighted by molar-refractivity contribution is 14.0. The van der Waals surface area contributed by atoms with Crippen LogP contribution < -0.4 is 11.1 Å². The van der Waals surface area contributed by atoms with Crippen LogP contribution in [0, 0.1) is 11.3 Å². The summed E-state index contributed by atoms with van der Waals surface area (Å²) in [5, 5.41) is 3.14. The van der Waals surface area contributed by atoms with E-state index >= 15 is 0 Å². The largest absolute Gasteiger partial charge is 0.370 e. The Kier molecular flexibility index (Phi) is 8.99. The first kappa shape index (κ1) is 18.0. The minimum absolute atomic E-state index is 0. The molecule has 1 aliphatic rings. The fourth-order valence-electron chi connectivity index (χ4n) is 2.61. The Labute approximate surface area is 129 Å². The maximum atomic E-state index is 5.84. The molecule has 3 N–H and O–H groups in total. The van der Waals surface area contributed by atoms with Crippen LogP contribution in [0.15, 0.2) is 4.99 Å². The number of nitrogens with two attached hydrogens (primary N) is 1. The van der Waals surface area contributed by atoms with Crippen LogP contribution in [0.3, 0.4) is 0 Å². The van der Waals surface area contributed by atoms with E-state index in [1.807, 2.05) is 0 Å². The first-order valence-electron chi connectivity index (χ1n) is 7.10. The molecule has 1 saturated carbocycles. The third-order valence-electron chi connectivity index (χ3n) is 3.92. The number of rotatable bonds is 5. The SMILES string of the molecule is CCCNC(N)=NCC(C)(C)C1CCCCC1.I. The van der Waals surface area contributed by atoms with Crippen molar-refractivity contribution >= 4 is 29.9 Å². The van der Waals surface area contributed by atoms with Crippen molar-refractivity contribution in [3.8, 4) is 0 Å². The summed E-state index contributed by atoms with van der Waals surface area (Å²) in [6, 6.07) is 0. The predicted molar refractivity (Wildman–Crippen MR) is 90.6 cm³/mol. The van der Waals surface area contributed by atoms with E-state index in [9.17, 15) is 0 Å². The molecule has 0 unspecified atom stereocenters. The van der Waals surface area contributed by atoms with Crippen LogP contribution in [-0.2, 0) is 0 Å². The molecule has 0 atom stereocenters. The molecule has 0 radical (unpaired) electrons. The average Bonchev–Trinajstić information content (AvgIpc) is 2.35. The van der Waals surface area contributed by atoms with Crippen LogP contribution in [-0.4, -0.2) is 19.0 Å². The van der Waals surface area contributed by atoms with Crippen LogP contribution in [0.25, 0.3) is 0 Å². The molecule has 1 fully saturated rings. The lowest BCUT2D eigenvalue weighted by atomic mass is 9.71. The van der Waals surface area contributed by atoms with E-state index in [2.05, 4.69) is 31.1 Å². The molecule has 0 aromatic heterocycles. The van der Waals surface area contributed by atoms with E-state index in [0.717, 1.165) is 25.4 Å². The van der Waals surface area contributed by atoms with E-state index < -0.39 is 0 Å². The van der Waals surface area contributed by atoms with E-state index in [1.165, 1.54) is 32.1 Å². The van der Waals surface area contributed by atoms with Gasteiger partial charge in [-0.25, -0.2) is 0 Å². The molecule has 0 saturated heterocycles. The normalized spacial score (nSPS) is 18.3. The second-order valence-electron chi connectivity index (χ2n) is 5.95. The monoisotopic (exact) mass is 367 g/mol. The van der Waals surface area contributed by atoms with Gasteiger partial charge in [-0.1, -0.05) is 40.0 Å². The van der Waals surface area contributed by atoms with Crippen molar-refractivity contribution in [1.82, 2.24) is 5.32 Å². The lowest BCUT2D eigenvalue weighted by molar-refractivity contribution is 0.167. The number of guanidine groups is 1. The highest BCUT2D eigenvalue weighted by Crippen LogP contribution is 2.38. The number of aliphatic imine (C=N–C) groups is 1. The van der Waals surface area contributed by atoms with Crippen LogP contribution in [0.4, 0.5) is 0 Å². The van der Waals surface area contributed by atoms with Gasteiger partial charge in [-0.15, -0.1) is 24.0 Å². The van der Waals surface area contributed by atoms with E-state index in [1.54, 1.807) is 0 Å². The van der Waals surface area contributed by atoms with Crippen LogP contribution in [0.1, 0.15) is 59.3 Å². The van der Waals surface area contributed by atoms with Crippen molar-refractivity contribution in [2.24, 2.45) is 22.1 Å². The molecule has 108 valence electrons. The summed E-state index contributed by atoms with van der Waals surface area (Å²) in [5.74, 6) is 1.43. The van der Waals surface area contributed by atoms with Gasteiger partial charge in [0.05, 0.1) is 0 Å². The first-order chi connectivity index (χ1) is 8.06. The third kappa shape index (κ3) is 6.25. The van der Waals surface area contributed by atoms with E-state index in [4.69, 9.17) is 5.73 Å². The molecule has 0 aliphatic heterocycles. The zero-order valence-corrected chi connectivity index (χ0v) is 14.5. The Morgan fingerprint density at radius 1 is 1.28 bits per heavy atom. The minimum atomic E-state index is 0. The zero-order valence-electron chi connectivity index (χ0n) is 12.2. The molecular formula is C14H30IN3. The Hall–Kier alpha value is 0. The van der Waals surface area contributed by atoms with Gasteiger partial charge in [-0.3, -0.25) is 4.99 Å². The standard InChI is InChI=1S/C14H29N3.HI/c1-4-10-16-13(15)17-11-14(2,3)12-8-6-5-7-9-12;/h12H,4-11H2,1-3H3,(H3,15,16,17);1H. The highest BCUT2D eigenvalue weighted by atomic mass is 127. The summed E-state index contributed by atoms with van der Waals surface area (Å²) in [6.07, 6.45) is 8.01. The van der Waals surface area contributed by atoms with Crippen LogP contribution >= 0.6 is 24.0 Å². The second-order valence-corrected chi connectivity index (χ2v) is 5.95. The number of halogens is 1. The molecule has 0 bridgehead atoms. The maximum absolute atomic E-state index is 5.84. The summed E-state index contributed by atoms with van der Waals surface area (Å²) >= 11 is 0. The van der Waals surface area contributed by atoms with Crippen molar-refractivity contribution in [2.45, 2.75) is 59.3 Å². The molecular weight excluding hydrogens is 337 g/mol. The van der Waals surface area contributed by atoms with Crippen molar-refractivity contribution in [1.29, 1.82) is 0 Å². The van der Waals surface area contributed by atoms with Crippen LogP contribution in [0.2, 0.25) is 0 Å². The summed E-state index contributed by atoms with van der Waals surface area (Å²) < 4.78 is 0. The summed E-state index contributed by atoms with van der Waals surface area (Å²) in [5.41, 5.74) is 6.13. The summed E-state index contributed by atoms with van der Waals surface area (Å²) in [4.78, 5) is 4.49. The van der Waals surface area contributed by atoms with Gasteiger partial charge in [0, 0.05) is 13.1 Å². The summed E-state index contributed by atoms with van der Waals surface area (Å²) in [7, 11) is 0. The number of nitrogens with one attached hydrogen (secondary N) is 1. The molecule has 3 nitrogen and oxygen atoms in total. The molecule has 18 heavy (non-hydrogen) atoms. The number of nitrogens with zero attached hydrogens (tertiary/aromatic N) is 1. The van der Waals surface area contributed by atoms with Crippen LogP contribution in [0.5, 0.6) is 0 Å². The van der Waals surface area contributed by atoms with Crippen molar-refractivity contribution < 1.29 is 0 Å². The molecule has 0 amide bonds. The lowest BCUT2D eigenvalue weighted by Gasteiger charge is -2.36. The first-order valence-corrected chi connectivity index (χ1v) is 7.10. The molecule has 0 aromatic carbocycles. The average molecular weight is 367 g/mol. The van der Waals surface area contributed by atoms with Gasteiger partial charge in [-0.05, 0) is 30.6 Å². The Balaban J connectivity index is 0.00000289. The molecule has 0 heterocycles. The molecule has 0 aromatic rings. The lowest BCUT2D eigenvalue weighted by Crippen LogP contribution is -2.35. The highest BCUT2D eigenvalue weighted by Gasteiger charge is 2.30. The van der Waals surface area contributed by atoms with Gasteiger partial charge < -0.3 is 11.1 Å². The van der Waals surface area contributed by atoms with Gasteiger partial charge in [0.1, 0.15) is 0 Å². The maximum Gasteiger partial charge on any atom is 0.188 e. The number of hydrogen-bond donors (Lipinski definition) is 2.